The van der Waals surface area contributed by atoms with Crippen LogP contribution in [0.5, 0.6) is 0 Å². The number of carbonyl (C=O) groups is 2. The van der Waals surface area contributed by atoms with Gasteiger partial charge in [0.15, 0.2) is 0 Å². The first-order chi connectivity index (χ1) is 12.6. The Bertz CT molecular complexity index is 730. The average molecular weight is 398 g/mol. The lowest BCUT2D eigenvalue weighted by atomic mass is 9.99. The minimum absolute atomic E-state index is 0. The van der Waals surface area contributed by atoms with E-state index < -0.39 is 0 Å². The lowest BCUT2D eigenvalue weighted by Gasteiger charge is -2.23. The molecular weight excluding hydrogens is 370 g/mol. The fourth-order valence-corrected chi connectivity index (χ4v) is 3.56. The number of nitrogens with one attached hydrogen (secondary N) is 3. The second-order valence-corrected chi connectivity index (χ2v) is 7.02. The van der Waals surface area contributed by atoms with Crippen LogP contribution in [0.3, 0.4) is 0 Å². The molecule has 9 heteroatoms. The number of urea groups is 1. The molecule has 1 unspecified atom stereocenters. The lowest BCUT2D eigenvalue weighted by Crippen LogP contribution is -2.40. The maximum Gasteiger partial charge on any atom is 0.317 e. The third-order valence-electron chi connectivity index (χ3n) is 5.07. The van der Waals surface area contributed by atoms with E-state index in [1.165, 1.54) is 0 Å². The molecule has 3 N–H and O–H groups in total. The molecule has 8 nitrogen and oxygen atoms in total. The van der Waals surface area contributed by atoms with Crippen LogP contribution in [-0.2, 0) is 6.54 Å². The minimum atomic E-state index is -0.372. The van der Waals surface area contributed by atoms with Crippen molar-refractivity contribution in [2.75, 3.05) is 39.3 Å². The van der Waals surface area contributed by atoms with E-state index in [-0.39, 0.29) is 35.5 Å². The molecule has 3 rings (SSSR count). The van der Waals surface area contributed by atoms with Crippen LogP contribution in [0.15, 0.2) is 17.1 Å². The number of hydrogen-bond donors (Lipinski definition) is 3. The Kier molecular flexibility index (Phi) is 7.67. The number of rotatable bonds is 6. The number of nitrogens with zero attached hydrogens (tertiary/aromatic N) is 2. The average Bonchev–Trinajstić information content (AvgIpc) is 3.04. The second-order valence-electron chi connectivity index (χ2n) is 7.02. The smallest absolute Gasteiger partial charge is 0.317 e. The molecule has 3 heterocycles. The van der Waals surface area contributed by atoms with Crippen molar-refractivity contribution in [1.29, 1.82) is 0 Å². The van der Waals surface area contributed by atoms with Crippen molar-refractivity contribution in [2.45, 2.75) is 26.3 Å². The highest BCUT2D eigenvalue weighted by atomic mass is 35.5. The van der Waals surface area contributed by atoms with Crippen molar-refractivity contribution in [3.05, 3.63) is 33.7 Å². The third kappa shape index (κ3) is 5.23. The molecule has 1 atom stereocenters. The summed E-state index contributed by atoms with van der Waals surface area (Å²) in [6.45, 7) is 6.36. The number of aryl methyl sites for hydroxylation is 1. The van der Waals surface area contributed by atoms with Crippen LogP contribution in [0.4, 0.5) is 4.79 Å². The number of piperidine rings is 1. The van der Waals surface area contributed by atoms with E-state index in [1.807, 2.05) is 6.07 Å². The molecule has 0 bridgehead atoms. The van der Waals surface area contributed by atoms with Gasteiger partial charge in [0.2, 0.25) is 0 Å². The molecule has 27 heavy (non-hydrogen) atoms. The van der Waals surface area contributed by atoms with Gasteiger partial charge >= 0.3 is 6.03 Å². The van der Waals surface area contributed by atoms with Gasteiger partial charge in [-0.25, -0.2) is 4.79 Å². The van der Waals surface area contributed by atoms with E-state index in [2.05, 4.69) is 16.0 Å². The van der Waals surface area contributed by atoms with E-state index in [9.17, 15) is 14.4 Å². The summed E-state index contributed by atoms with van der Waals surface area (Å²) in [5, 5.41) is 8.84. The molecule has 2 aliphatic rings. The number of pyridine rings is 1. The zero-order valence-corrected chi connectivity index (χ0v) is 16.4. The molecule has 2 aliphatic heterocycles. The normalized spacial score (nSPS) is 19.4. The molecule has 3 amide bonds. The zero-order valence-electron chi connectivity index (χ0n) is 15.6. The highest BCUT2D eigenvalue weighted by Gasteiger charge is 2.21. The molecule has 1 aromatic rings. The monoisotopic (exact) mass is 397 g/mol. The van der Waals surface area contributed by atoms with Crippen LogP contribution in [-0.4, -0.2) is 60.7 Å². The van der Waals surface area contributed by atoms with Gasteiger partial charge < -0.3 is 25.4 Å². The maximum atomic E-state index is 12.8. The van der Waals surface area contributed by atoms with Crippen molar-refractivity contribution < 1.29 is 9.59 Å². The van der Waals surface area contributed by atoms with E-state index in [0.29, 0.717) is 44.2 Å². The maximum absolute atomic E-state index is 12.8. The summed E-state index contributed by atoms with van der Waals surface area (Å²) in [6.07, 6.45) is 3.98. The molecule has 0 radical (unpaired) electrons. The zero-order chi connectivity index (χ0) is 18.5. The summed E-state index contributed by atoms with van der Waals surface area (Å²) in [5.74, 6) is 0.0389. The fraction of sp³-hybridized carbons (Fsp3) is 0.611. The van der Waals surface area contributed by atoms with Crippen LogP contribution < -0.4 is 21.5 Å². The Labute approximate surface area is 165 Å². The van der Waals surface area contributed by atoms with Gasteiger partial charge in [0.25, 0.3) is 11.5 Å². The quantitative estimate of drug-likeness (QED) is 0.644. The van der Waals surface area contributed by atoms with Crippen molar-refractivity contribution in [1.82, 2.24) is 25.4 Å². The molecule has 0 saturated carbocycles. The first-order valence-electron chi connectivity index (χ1n) is 9.28. The number of halogens is 1. The van der Waals surface area contributed by atoms with Gasteiger partial charge in [0, 0.05) is 38.9 Å². The molecular formula is C18H28ClN5O3. The van der Waals surface area contributed by atoms with Crippen LogP contribution in [0.1, 0.15) is 28.8 Å². The molecule has 0 aromatic carbocycles. The second kappa shape index (κ2) is 9.75. The Morgan fingerprint density at radius 2 is 2.15 bits per heavy atom. The van der Waals surface area contributed by atoms with Crippen molar-refractivity contribution in [2.24, 2.45) is 5.92 Å². The number of carbonyl (C=O) groups excluding carboxylic acids is 2. The molecule has 150 valence electrons. The van der Waals surface area contributed by atoms with Gasteiger partial charge in [0.1, 0.15) is 5.56 Å². The predicted molar refractivity (Wildman–Crippen MR) is 106 cm³/mol. The topological polar surface area (TPSA) is 95.5 Å². The molecule has 1 aromatic heterocycles. The highest BCUT2D eigenvalue weighted by Crippen LogP contribution is 2.12. The Hall–Kier alpha value is -2.06. The van der Waals surface area contributed by atoms with Gasteiger partial charge in [-0.1, -0.05) is 0 Å². The third-order valence-corrected chi connectivity index (χ3v) is 5.07. The van der Waals surface area contributed by atoms with Gasteiger partial charge in [0.05, 0.1) is 0 Å². The van der Waals surface area contributed by atoms with Crippen molar-refractivity contribution in [3.63, 3.8) is 0 Å². The fourth-order valence-electron chi connectivity index (χ4n) is 3.56. The molecule has 2 saturated heterocycles. The lowest BCUT2D eigenvalue weighted by molar-refractivity contribution is 0.0947. The van der Waals surface area contributed by atoms with Gasteiger partial charge in [-0.15, -0.1) is 12.4 Å². The predicted octanol–water partition coefficient (Wildman–Crippen LogP) is 0.333. The van der Waals surface area contributed by atoms with E-state index in [4.69, 9.17) is 0 Å². The Morgan fingerprint density at radius 3 is 2.81 bits per heavy atom. The van der Waals surface area contributed by atoms with Crippen molar-refractivity contribution in [3.8, 4) is 0 Å². The van der Waals surface area contributed by atoms with E-state index >= 15 is 0 Å². The summed E-state index contributed by atoms with van der Waals surface area (Å²) < 4.78 is 1.65. The van der Waals surface area contributed by atoms with Crippen LogP contribution in [0.25, 0.3) is 0 Å². The molecule has 2 fully saturated rings. The minimum Gasteiger partial charge on any atom is -0.350 e. The van der Waals surface area contributed by atoms with Gasteiger partial charge in [-0.2, -0.15) is 0 Å². The Balaban J connectivity index is 0.00000261. The van der Waals surface area contributed by atoms with E-state index in [1.54, 1.807) is 22.6 Å². The molecule has 0 spiro atoms. The summed E-state index contributed by atoms with van der Waals surface area (Å²) in [7, 11) is 0. The van der Waals surface area contributed by atoms with Gasteiger partial charge in [-0.05, 0) is 50.4 Å². The highest BCUT2D eigenvalue weighted by molar-refractivity contribution is 5.95. The summed E-state index contributed by atoms with van der Waals surface area (Å²) in [4.78, 5) is 38.5. The van der Waals surface area contributed by atoms with Crippen LogP contribution in [0.2, 0.25) is 0 Å². The summed E-state index contributed by atoms with van der Waals surface area (Å²) in [6, 6.07) is 1.71. The largest absolute Gasteiger partial charge is 0.350 e. The van der Waals surface area contributed by atoms with Gasteiger partial charge in [-0.3, -0.25) is 9.59 Å². The SMILES string of the molecule is Cc1ccn(CC2CCCNC2)c(=O)c1C(=O)NCCN1CCNC1=O.Cl. The first kappa shape index (κ1) is 21.2. The van der Waals surface area contributed by atoms with Crippen LogP contribution in [0, 0.1) is 12.8 Å². The number of amides is 3. The van der Waals surface area contributed by atoms with E-state index in [0.717, 1.165) is 25.9 Å². The number of aromatic nitrogens is 1. The van der Waals surface area contributed by atoms with Crippen molar-refractivity contribution >= 4 is 24.3 Å². The Morgan fingerprint density at radius 1 is 1.33 bits per heavy atom. The van der Waals surface area contributed by atoms with Crippen LogP contribution >= 0.6 is 12.4 Å². The first-order valence-corrected chi connectivity index (χ1v) is 9.28. The summed E-state index contributed by atoms with van der Waals surface area (Å²) >= 11 is 0. The standard InChI is InChI=1S/C18H27N5O3.ClH/c1-13-4-8-23(12-14-3-2-5-19-11-14)17(25)15(13)16(24)20-6-9-22-10-7-21-18(22)26;/h4,8,14,19H,2-3,5-7,9-12H2,1H3,(H,20,24)(H,21,26);1H. The summed E-state index contributed by atoms with van der Waals surface area (Å²) in [5.41, 5.74) is 0.624. The number of hydrogen-bond acceptors (Lipinski definition) is 4. The molecule has 0 aliphatic carbocycles.